The van der Waals surface area contributed by atoms with E-state index in [9.17, 15) is 9.90 Å². The van der Waals surface area contributed by atoms with Gasteiger partial charge in [-0.1, -0.05) is 15.9 Å². The Kier molecular flexibility index (Phi) is 4.82. The molecule has 1 unspecified atom stereocenters. The van der Waals surface area contributed by atoms with Gasteiger partial charge in [-0.25, -0.2) is 0 Å². The number of rotatable bonds is 3. The van der Waals surface area contributed by atoms with Crippen LogP contribution in [0.2, 0.25) is 0 Å². The van der Waals surface area contributed by atoms with Gasteiger partial charge in [0.25, 0.3) is 0 Å². The number of carbonyl (C=O) groups is 1. The standard InChI is InChI=1S/C14H19BrN2O2/c1-10-9-11(3-4-12(10)15)17-7-2-6-16-14(19)13(17)5-8-18/h3-4,9,13,18H,2,5-8H2,1H3,(H,16,19). The maximum atomic E-state index is 12.1. The van der Waals surface area contributed by atoms with Crippen LogP contribution in [0.15, 0.2) is 22.7 Å². The number of nitrogens with one attached hydrogen (secondary N) is 1. The Morgan fingerprint density at radius 3 is 3.00 bits per heavy atom. The molecule has 1 aliphatic heterocycles. The Balaban J connectivity index is 2.31. The van der Waals surface area contributed by atoms with Crippen molar-refractivity contribution in [3.8, 4) is 0 Å². The lowest BCUT2D eigenvalue weighted by atomic mass is 10.1. The minimum Gasteiger partial charge on any atom is -0.396 e. The lowest BCUT2D eigenvalue weighted by Gasteiger charge is -2.30. The minimum atomic E-state index is -0.284. The fourth-order valence-electron chi connectivity index (χ4n) is 2.40. The fraction of sp³-hybridized carbons (Fsp3) is 0.500. The third-order valence-corrected chi connectivity index (χ3v) is 4.32. The number of amides is 1. The predicted molar refractivity (Wildman–Crippen MR) is 79.3 cm³/mol. The minimum absolute atomic E-state index is 0.00659. The first kappa shape index (κ1) is 14.3. The van der Waals surface area contributed by atoms with Gasteiger partial charge in [0, 0.05) is 29.9 Å². The summed E-state index contributed by atoms with van der Waals surface area (Å²) in [6.07, 6.45) is 1.38. The summed E-state index contributed by atoms with van der Waals surface area (Å²) >= 11 is 3.49. The molecule has 0 bridgehead atoms. The Bertz CT molecular complexity index is 465. The SMILES string of the molecule is Cc1cc(N2CCCNC(=O)C2CCO)ccc1Br. The summed E-state index contributed by atoms with van der Waals surface area (Å²) in [5.74, 6) is 0.00659. The highest BCUT2D eigenvalue weighted by molar-refractivity contribution is 9.10. The van der Waals surface area contributed by atoms with Gasteiger partial charge >= 0.3 is 0 Å². The zero-order chi connectivity index (χ0) is 13.8. The quantitative estimate of drug-likeness (QED) is 0.891. The average molecular weight is 327 g/mol. The van der Waals surface area contributed by atoms with Crippen molar-refractivity contribution in [2.45, 2.75) is 25.8 Å². The summed E-state index contributed by atoms with van der Waals surface area (Å²) in [6, 6.07) is 5.81. The van der Waals surface area contributed by atoms with E-state index in [1.807, 2.05) is 19.1 Å². The molecule has 0 radical (unpaired) electrons. The van der Waals surface area contributed by atoms with Gasteiger partial charge in [0.1, 0.15) is 6.04 Å². The van der Waals surface area contributed by atoms with E-state index in [4.69, 9.17) is 0 Å². The van der Waals surface area contributed by atoms with Crippen LogP contribution in [0.4, 0.5) is 5.69 Å². The molecular weight excluding hydrogens is 308 g/mol. The van der Waals surface area contributed by atoms with Crippen molar-refractivity contribution in [1.29, 1.82) is 0 Å². The smallest absolute Gasteiger partial charge is 0.242 e. The first-order valence-electron chi connectivity index (χ1n) is 6.55. The molecule has 0 aliphatic carbocycles. The lowest BCUT2D eigenvalue weighted by molar-refractivity contribution is -0.122. The molecule has 1 atom stereocenters. The molecule has 5 heteroatoms. The van der Waals surface area contributed by atoms with Crippen LogP contribution in [-0.2, 0) is 4.79 Å². The molecule has 1 amide bonds. The molecule has 0 saturated carbocycles. The van der Waals surface area contributed by atoms with Crippen molar-refractivity contribution in [3.05, 3.63) is 28.2 Å². The van der Waals surface area contributed by atoms with E-state index in [0.717, 1.165) is 28.7 Å². The summed E-state index contributed by atoms with van der Waals surface area (Å²) in [4.78, 5) is 14.2. The summed E-state index contributed by atoms with van der Waals surface area (Å²) < 4.78 is 1.06. The molecular formula is C14H19BrN2O2. The molecule has 1 heterocycles. The average Bonchev–Trinajstić information content (AvgIpc) is 2.57. The molecule has 2 N–H and O–H groups in total. The summed E-state index contributed by atoms with van der Waals surface area (Å²) in [5.41, 5.74) is 2.18. The van der Waals surface area contributed by atoms with Crippen molar-refractivity contribution in [2.24, 2.45) is 0 Å². The number of aliphatic hydroxyl groups is 1. The number of anilines is 1. The fourth-order valence-corrected chi connectivity index (χ4v) is 2.65. The molecule has 1 aromatic carbocycles. The molecule has 4 nitrogen and oxygen atoms in total. The Hall–Kier alpha value is -1.07. The monoisotopic (exact) mass is 326 g/mol. The van der Waals surface area contributed by atoms with Crippen LogP contribution in [0.25, 0.3) is 0 Å². The van der Waals surface area contributed by atoms with Crippen LogP contribution in [-0.4, -0.2) is 36.8 Å². The molecule has 0 aromatic heterocycles. The molecule has 0 spiro atoms. The molecule has 1 aromatic rings. The van der Waals surface area contributed by atoms with Gasteiger partial charge in [-0.3, -0.25) is 4.79 Å². The van der Waals surface area contributed by atoms with Gasteiger partial charge in [0.05, 0.1) is 0 Å². The predicted octanol–water partition coefficient (Wildman–Crippen LogP) is 1.83. The Labute approximate surface area is 121 Å². The Morgan fingerprint density at radius 2 is 2.32 bits per heavy atom. The summed E-state index contributed by atoms with van der Waals surface area (Å²) in [6.45, 7) is 3.58. The van der Waals surface area contributed by atoms with Crippen molar-refractivity contribution in [1.82, 2.24) is 5.32 Å². The Morgan fingerprint density at radius 1 is 1.53 bits per heavy atom. The highest BCUT2D eigenvalue weighted by Gasteiger charge is 2.27. The third-order valence-electron chi connectivity index (χ3n) is 3.43. The van der Waals surface area contributed by atoms with Crippen LogP contribution < -0.4 is 10.2 Å². The second-order valence-corrected chi connectivity index (χ2v) is 5.65. The van der Waals surface area contributed by atoms with Gasteiger partial charge in [-0.05, 0) is 43.5 Å². The second kappa shape index (κ2) is 6.39. The first-order chi connectivity index (χ1) is 9.13. The number of halogens is 1. The van der Waals surface area contributed by atoms with Crippen molar-refractivity contribution >= 4 is 27.5 Å². The number of benzene rings is 1. The number of nitrogens with zero attached hydrogens (tertiary/aromatic N) is 1. The number of aliphatic hydroxyl groups excluding tert-OH is 1. The zero-order valence-corrected chi connectivity index (χ0v) is 12.6. The van der Waals surface area contributed by atoms with Crippen molar-refractivity contribution in [2.75, 3.05) is 24.6 Å². The number of hydrogen-bond donors (Lipinski definition) is 2. The zero-order valence-electron chi connectivity index (χ0n) is 11.0. The molecule has 19 heavy (non-hydrogen) atoms. The van der Waals surface area contributed by atoms with Crippen LogP contribution in [0, 0.1) is 6.92 Å². The number of hydrogen-bond acceptors (Lipinski definition) is 3. The summed E-state index contributed by atoms with van der Waals surface area (Å²) in [5, 5.41) is 12.1. The largest absolute Gasteiger partial charge is 0.396 e. The topological polar surface area (TPSA) is 52.6 Å². The lowest BCUT2D eigenvalue weighted by Crippen LogP contribution is -2.45. The normalized spacial score (nSPS) is 20.1. The van der Waals surface area contributed by atoms with E-state index in [-0.39, 0.29) is 18.6 Å². The van der Waals surface area contributed by atoms with Gasteiger partial charge in [0.2, 0.25) is 5.91 Å². The molecule has 1 saturated heterocycles. The number of aryl methyl sites for hydroxylation is 1. The van der Waals surface area contributed by atoms with Gasteiger partial charge in [-0.15, -0.1) is 0 Å². The third kappa shape index (κ3) is 3.28. The van der Waals surface area contributed by atoms with Gasteiger partial charge < -0.3 is 15.3 Å². The highest BCUT2D eigenvalue weighted by Crippen LogP contribution is 2.26. The van der Waals surface area contributed by atoms with E-state index in [1.54, 1.807) is 0 Å². The van der Waals surface area contributed by atoms with Gasteiger partial charge in [-0.2, -0.15) is 0 Å². The van der Waals surface area contributed by atoms with Crippen LogP contribution in [0.1, 0.15) is 18.4 Å². The van der Waals surface area contributed by atoms with E-state index in [0.29, 0.717) is 13.0 Å². The first-order valence-corrected chi connectivity index (χ1v) is 7.34. The number of carbonyl (C=O) groups excluding carboxylic acids is 1. The van der Waals surface area contributed by atoms with Crippen molar-refractivity contribution in [3.63, 3.8) is 0 Å². The van der Waals surface area contributed by atoms with Crippen LogP contribution in [0.3, 0.4) is 0 Å². The van der Waals surface area contributed by atoms with E-state index < -0.39 is 0 Å². The maximum absolute atomic E-state index is 12.1. The van der Waals surface area contributed by atoms with E-state index in [1.165, 1.54) is 0 Å². The molecule has 104 valence electrons. The molecule has 2 rings (SSSR count). The second-order valence-electron chi connectivity index (χ2n) is 4.80. The van der Waals surface area contributed by atoms with E-state index in [2.05, 4.69) is 32.2 Å². The van der Waals surface area contributed by atoms with Crippen LogP contribution in [0.5, 0.6) is 0 Å². The van der Waals surface area contributed by atoms with E-state index >= 15 is 0 Å². The van der Waals surface area contributed by atoms with Gasteiger partial charge in [0.15, 0.2) is 0 Å². The van der Waals surface area contributed by atoms with Crippen LogP contribution >= 0.6 is 15.9 Å². The maximum Gasteiger partial charge on any atom is 0.242 e. The molecule has 1 fully saturated rings. The highest BCUT2D eigenvalue weighted by atomic mass is 79.9. The summed E-state index contributed by atoms with van der Waals surface area (Å²) in [7, 11) is 0. The van der Waals surface area contributed by atoms with Crippen molar-refractivity contribution < 1.29 is 9.90 Å². The molecule has 1 aliphatic rings.